The summed E-state index contributed by atoms with van der Waals surface area (Å²) in [5, 5.41) is 12.3. The fraction of sp³-hybridized carbons (Fsp3) is 0.571. The number of hydrogen-bond acceptors (Lipinski definition) is 4. The highest BCUT2D eigenvalue weighted by molar-refractivity contribution is 5.89. The van der Waals surface area contributed by atoms with Gasteiger partial charge in [0.1, 0.15) is 18.7 Å². The molecule has 2 fully saturated rings. The van der Waals surface area contributed by atoms with Crippen LogP contribution in [0.1, 0.15) is 50.5 Å². The number of amides is 2. The van der Waals surface area contributed by atoms with Crippen LogP contribution in [-0.2, 0) is 20.9 Å². The molecule has 1 saturated heterocycles. The summed E-state index contributed by atoms with van der Waals surface area (Å²) in [4.78, 5) is 38.3. The van der Waals surface area contributed by atoms with Gasteiger partial charge in [-0.05, 0) is 37.2 Å². The lowest BCUT2D eigenvalue weighted by Gasteiger charge is -2.30. The number of likely N-dealkylation sites (tertiary alicyclic amines) is 1. The first-order chi connectivity index (χ1) is 13.6. The molecule has 0 bridgehead atoms. The summed E-state index contributed by atoms with van der Waals surface area (Å²) in [6, 6.07) is 7.78. The Balaban J connectivity index is 1.58. The highest BCUT2D eigenvalue weighted by Gasteiger charge is 2.38. The van der Waals surface area contributed by atoms with Crippen LogP contribution >= 0.6 is 0 Å². The van der Waals surface area contributed by atoms with Crippen LogP contribution in [0.3, 0.4) is 0 Å². The molecular formula is C21H28N2O5. The average Bonchev–Trinajstić information content (AvgIpc) is 3.21. The van der Waals surface area contributed by atoms with Gasteiger partial charge >= 0.3 is 12.1 Å². The normalized spacial score (nSPS) is 21.1. The number of hydrogen-bond donors (Lipinski definition) is 2. The molecule has 3 rings (SSSR count). The Hall–Kier alpha value is -2.57. The molecule has 1 aliphatic carbocycles. The molecule has 2 N–H and O–H groups in total. The van der Waals surface area contributed by atoms with Crippen molar-refractivity contribution in [2.75, 3.05) is 6.54 Å². The SMILES string of the molecule is O=C(N[C@@H](C(=O)O)C1CCCCC1)[C@H]1CCCN1C(=O)OCc1ccccc1. The number of benzene rings is 1. The fourth-order valence-electron chi connectivity index (χ4n) is 4.16. The van der Waals surface area contributed by atoms with E-state index in [1.807, 2.05) is 30.3 Å². The minimum atomic E-state index is -1.00. The van der Waals surface area contributed by atoms with Crippen molar-refractivity contribution in [3.63, 3.8) is 0 Å². The van der Waals surface area contributed by atoms with Crippen LogP contribution in [0.4, 0.5) is 4.79 Å². The topological polar surface area (TPSA) is 95.9 Å². The Morgan fingerprint density at radius 1 is 1.07 bits per heavy atom. The zero-order valence-corrected chi connectivity index (χ0v) is 16.0. The fourth-order valence-corrected chi connectivity index (χ4v) is 4.16. The summed E-state index contributed by atoms with van der Waals surface area (Å²) in [7, 11) is 0. The Labute approximate surface area is 165 Å². The van der Waals surface area contributed by atoms with E-state index in [2.05, 4.69) is 5.32 Å². The second-order valence-corrected chi connectivity index (χ2v) is 7.61. The minimum absolute atomic E-state index is 0.0462. The predicted molar refractivity (Wildman–Crippen MR) is 102 cm³/mol. The summed E-state index contributed by atoms with van der Waals surface area (Å²) in [5.41, 5.74) is 0.874. The molecule has 1 heterocycles. The van der Waals surface area contributed by atoms with E-state index < -0.39 is 30.1 Å². The van der Waals surface area contributed by atoms with Crippen molar-refractivity contribution in [3.8, 4) is 0 Å². The molecule has 28 heavy (non-hydrogen) atoms. The van der Waals surface area contributed by atoms with Crippen molar-refractivity contribution in [2.45, 2.75) is 63.6 Å². The summed E-state index contributed by atoms with van der Waals surface area (Å²) >= 11 is 0. The predicted octanol–water partition coefficient (Wildman–Crippen LogP) is 2.94. The molecule has 1 aromatic rings. The largest absolute Gasteiger partial charge is 0.480 e. The molecule has 2 atom stereocenters. The van der Waals surface area contributed by atoms with Crippen molar-refractivity contribution in [1.82, 2.24) is 10.2 Å². The van der Waals surface area contributed by atoms with Gasteiger partial charge in [-0.3, -0.25) is 9.69 Å². The van der Waals surface area contributed by atoms with Crippen molar-refractivity contribution in [3.05, 3.63) is 35.9 Å². The van der Waals surface area contributed by atoms with Gasteiger partial charge in [0.05, 0.1) is 0 Å². The monoisotopic (exact) mass is 388 g/mol. The van der Waals surface area contributed by atoms with Gasteiger partial charge in [-0.25, -0.2) is 9.59 Å². The number of nitrogens with zero attached hydrogens (tertiary/aromatic N) is 1. The van der Waals surface area contributed by atoms with Crippen LogP contribution in [0.2, 0.25) is 0 Å². The summed E-state index contributed by atoms with van der Waals surface area (Å²) in [6.07, 6.45) is 5.39. The highest BCUT2D eigenvalue weighted by atomic mass is 16.6. The second-order valence-electron chi connectivity index (χ2n) is 7.61. The smallest absolute Gasteiger partial charge is 0.410 e. The van der Waals surface area contributed by atoms with Crippen LogP contribution in [0, 0.1) is 5.92 Å². The molecule has 0 unspecified atom stereocenters. The van der Waals surface area contributed by atoms with Gasteiger partial charge in [-0.1, -0.05) is 49.6 Å². The molecule has 1 aromatic carbocycles. The van der Waals surface area contributed by atoms with Crippen molar-refractivity contribution < 1.29 is 24.2 Å². The third kappa shape index (κ3) is 5.03. The standard InChI is InChI=1S/C21H28N2O5/c24-19(22-18(20(25)26)16-10-5-2-6-11-16)17-12-7-13-23(17)21(27)28-14-15-8-3-1-4-9-15/h1,3-4,8-9,16-18H,2,5-7,10-14H2,(H,22,24)(H,25,26)/t17-,18-/m1/s1. The average molecular weight is 388 g/mol. The van der Waals surface area contributed by atoms with Gasteiger partial charge in [0, 0.05) is 6.54 Å². The van der Waals surface area contributed by atoms with Gasteiger partial charge in [0.15, 0.2) is 0 Å². The van der Waals surface area contributed by atoms with Crippen molar-refractivity contribution >= 4 is 18.0 Å². The quantitative estimate of drug-likeness (QED) is 0.781. The van der Waals surface area contributed by atoms with Crippen LogP contribution in [0.25, 0.3) is 0 Å². The molecule has 0 radical (unpaired) electrons. The molecule has 2 amide bonds. The van der Waals surface area contributed by atoms with E-state index in [1.54, 1.807) is 0 Å². The van der Waals surface area contributed by atoms with Gasteiger partial charge in [-0.2, -0.15) is 0 Å². The van der Waals surface area contributed by atoms with E-state index in [1.165, 1.54) is 4.90 Å². The number of nitrogens with one attached hydrogen (secondary N) is 1. The lowest BCUT2D eigenvalue weighted by atomic mass is 9.83. The van der Waals surface area contributed by atoms with E-state index in [9.17, 15) is 19.5 Å². The number of carboxylic acid groups (broad SMARTS) is 1. The van der Waals surface area contributed by atoms with E-state index in [0.29, 0.717) is 19.4 Å². The molecule has 0 spiro atoms. The van der Waals surface area contributed by atoms with E-state index in [-0.39, 0.29) is 12.5 Å². The van der Waals surface area contributed by atoms with Crippen LogP contribution < -0.4 is 5.32 Å². The maximum absolute atomic E-state index is 12.8. The van der Waals surface area contributed by atoms with E-state index in [4.69, 9.17) is 4.74 Å². The molecule has 2 aliphatic rings. The Bertz CT molecular complexity index is 687. The van der Waals surface area contributed by atoms with Gasteiger partial charge in [0.25, 0.3) is 0 Å². The van der Waals surface area contributed by atoms with E-state index >= 15 is 0 Å². The summed E-state index contributed by atoms with van der Waals surface area (Å²) < 4.78 is 5.35. The third-order valence-electron chi connectivity index (χ3n) is 5.68. The maximum Gasteiger partial charge on any atom is 0.410 e. The number of carboxylic acids is 1. The molecule has 152 valence electrons. The first-order valence-electron chi connectivity index (χ1n) is 10.1. The number of aliphatic carboxylic acids is 1. The van der Waals surface area contributed by atoms with E-state index in [0.717, 1.165) is 37.7 Å². The third-order valence-corrected chi connectivity index (χ3v) is 5.68. The lowest BCUT2D eigenvalue weighted by molar-refractivity contribution is -0.144. The molecule has 7 nitrogen and oxygen atoms in total. The van der Waals surface area contributed by atoms with Crippen molar-refractivity contribution in [1.29, 1.82) is 0 Å². The molecule has 7 heteroatoms. The first-order valence-corrected chi connectivity index (χ1v) is 10.1. The minimum Gasteiger partial charge on any atom is -0.480 e. The molecular weight excluding hydrogens is 360 g/mol. The summed E-state index contributed by atoms with van der Waals surface area (Å²) in [6.45, 7) is 0.581. The number of carbonyl (C=O) groups excluding carboxylic acids is 2. The Morgan fingerprint density at radius 2 is 1.79 bits per heavy atom. The van der Waals surface area contributed by atoms with Gasteiger partial charge in [-0.15, -0.1) is 0 Å². The van der Waals surface area contributed by atoms with Gasteiger partial charge in [0.2, 0.25) is 5.91 Å². The zero-order valence-electron chi connectivity index (χ0n) is 16.0. The van der Waals surface area contributed by atoms with Crippen LogP contribution in [0.15, 0.2) is 30.3 Å². The summed E-state index contributed by atoms with van der Waals surface area (Å²) in [5.74, 6) is -1.45. The number of rotatable bonds is 6. The number of carbonyl (C=O) groups is 3. The molecule has 1 saturated carbocycles. The lowest BCUT2D eigenvalue weighted by Crippen LogP contribution is -2.53. The zero-order chi connectivity index (χ0) is 19.9. The van der Waals surface area contributed by atoms with Crippen molar-refractivity contribution in [2.24, 2.45) is 5.92 Å². The first kappa shape index (κ1) is 20.2. The van der Waals surface area contributed by atoms with Crippen LogP contribution in [0.5, 0.6) is 0 Å². The Morgan fingerprint density at radius 3 is 2.46 bits per heavy atom. The molecule has 1 aliphatic heterocycles. The van der Waals surface area contributed by atoms with Crippen LogP contribution in [-0.4, -0.2) is 46.6 Å². The Kier molecular flexibility index (Phi) is 6.90. The maximum atomic E-state index is 12.8. The highest BCUT2D eigenvalue weighted by Crippen LogP contribution is 2.27. The second kappa shape index (κ2) is 9.57. The molecule has 0 aromatic heterocycles. The number of ether oxygens (including phenoxy) is 1. The van der Waals surface area contributed by atoms with Gasteiger partial charge < -0.3 is 15.2 Å².